The lowest BCUT2D eigenvalue weighted by molar-refractivity contribution is -0.136. The summed E-state index contributed by atoms with van der Waals surface area (Å²) in [6.07, 6.45) is 3.06. The molecule has 6 rings (SSSR count). The van der Waals surface area contributed by atoms with E-state index >= 15 is 0 Å². The van der Waals surface area contributed by atoms with E-state index in [1.165, 1.54) is 11.1 Å². The number of nitrogens with zero attached hydrogens (tertiary/aromatic N) is 2. The summed E-state index contributed by atoms with van der Waals surface area (Å²) in [6, 6.07) is 12.8. The van der Waals surface area contributed by atoms with E-state index in [0.717, 1.165) is 77.9 Å². The molecule has 36 heavy (non-hydrogen) atoms. The van der Waals surface area contributed by atoms with E-state index in [-0.39, 0.29) is 17.1 Å². The molecule has 0 N–H and O–H groups in total. The Morgan fingerprint density at radius 1 is 1.08 bits per heavy atom. The van der Waals surface area contributed by atoms with Crippen LogP contribution in [0.15, 0.2) is 46.4 Å². The Morgan fingerprint density at radius 3 is 2.53 bits per heavy atom. The standard InChI is InChI=1S/C30H33BrN2O3/c1-18(34)33-15-22(16-33)32-10-8-19(9-11-32)17-36-23-5-7-25-26(14-23)30(2,3)27-13-20-12-21(31)4-6-24(20)28(27)29(25)35/h4-7,12,14,19,22H,8-11,13,15-17H2,1-3H3. The van der Waals surface area contributed by atoms with Crippen LogP contribution in [0.3, 0.4) is 0 Å². The van der Waals surface area contributed by atoms with Crippen molar-refractivity contribution in [2.24, 2.45) is 5.92 Å². The van der Waals surface area contributed by atoms with Gasteiger partial charge in [0, 0.05) is 47.1 Å². The Balaban J connectivity index is 1.12. The molecule has 0 saturated carbocycles. The number of halogens is 1. The van der Waals surface area contributed by atoms with Crippen LogP contribution in [0, 0.1) is 5.92 Å². The maximum Gasteiger partial charge on any atom is 0.219 e. The first-order chi connectivity index (χ1) is 17.2. The van der Waals surface area contributed by atoms with Crippen molar-refractivity contribution in [3.05, 3.63) is 68.7 Å². The normalized spacial score (nSPS) is 21.7. The van der Waals surface area contributed by atoms with Gasteiger partial charge in [-0.15, -0.1) is 0 Å². The van der Waals surface area contributed by atoms with Crippen LogP contribution in [0.25, 0.3) is 5.57 Å². The summed E-state index contributed by atoms with van der Waals surface area (Å²) in [5.41, 5.74) is 6.07. The summed E-state index contributed by atoms with van der Waals surface area (Å²) < 4.78 is 7.36. The van der Waals surface area contributed by atoms with Crippen molar-refractivity contribution in [2.45, 2.75) is 51.5 Å². The topological polar surface area (TPSA) is 49.9 Å². The maximum absolute atomic E-state index is 13.6. The van der Waals surface area contributed by atoms with E-state index in [0.29, 0.717) is 18.6 Å². The molecule has 2 aromatic rings. The van der Waals surface area contributed by atoms with Gasteiger partial charge in [0.1, 0.15) is 5.75 Å². The number of amides is 1. The highest BCUT2D eigenvalue weighted by molar-refractivity contribution is 9.10. The van der Waals surface area contributed by atoms with Crippen LogP contribution < -0.4 is 4.74 Å². The summed E-state index contributed by atoms with van der Waals surface area (Å²) in [7, 11) is 0. The molecule has 0 radical (unpaired) electrons. The quantitative estimate of drug-likeness (QED) is 0.523. The molecule has 6 heteroatoms. The van der Waals surface area contributed by atoms with Crippen molar-refractivity contribution in [2.75, 3.05) is 32.8 Å². The van der Waals surface area contributed by atoms with Crippen molar-refractivity contribution in [3.63, 3.8) is 0 Å². The average molecular weight is 550 g/mol. The lowest BCUT2D eigenvalue weighted by Crippen LogP contribution is -2.61. The number of fused-ring (bicyclic) bond motifs is 3. The molecule has 2 aromatic carbocycles. The largest absolute Gasteiger partial charge is 0.493 e. The first kappa shape index (κ1) is 23.9. The first-order valence-electron chi connectivity index (χ1n) is 13.1. The Morgan fingerprint density at radius 2 is 1.81 bits per heavy atom. The summed E-state index contributed by atoms with van der Waals surface area (Å²) >= 11 is 3.58. The van der Waals surface area contributed by atoms with Crippen LogP contribution in [0.5, 0.6) is 5.75 Å². The summed E-state index contributed by atoms with van der Waals surface area (Å²) in [6.45, 7) is 10.7. The Bertz CT molecular complexity index is 1280. The van der Waals surface area contributed by atoms with Crippen molar-refractivity contribution in [1.82, 2.24) is 9.80 Å². The third-order valence-electron chi connectivity index (χ3n) is 8.85. The summed E-state index contributed by atoms with van der Waals surface area (Å²) in [5.74, 6) is 1.71. The molecule has 1 amide bonds. The highest BCUT2D eigenvalue weighted by Crippen LogP contribution is 2.50. The molecule has 0 atom stereocenters. The number of ether oxygens (including phenoxy) is 1. The van der Waals surface area contributed by atoms with Crippen LogP contribution in [0.4, 0.5) is 0 Å². The van der Waals surface area contributed by atoms with Gasteiger partial charge >= 0.3 is 0 Å². The van der Waals surface area contributed by atoms with Gasteiger partial charge in [-0.3, -0.25) is 14.5 Å². The molecule has 0 spiro atoms. The number of hydrogen-bond donors (Lipinski definition) is 0. The number of Topliss-reactive ketones (excluding diaryl/α,β-unsaturated/α-hetero) is 1. The van der Waals surface area contributed by atoms with Crippen LogP contribution >= 0.6 is 15.9 Å². The third kappa shape index (κ3) is 3.93. The number of allylic oxidation sites excluding steroid dienone is 2. The van der Waals surface area contributed by atoms with Gasteiger partial charge in [0.25, 0.3) is 0 Å². The molecule has 2 fully saturated rings. The zero-order valence-electron chi connectivity index (χ0n) is 21.3. The fraction of sp³-hybridized carbons (Fsp3) is 0.467. The second kappa shape index (κ2) is 8.84. The van der Waals surface area contributed by atoms with Gasteiger partial charge in [-0.05, 0) is 90.9 Å². The molecule has 188 valence electrons. The fourth-order valence-electron chi connectivity index (χ4n) is 6.45. The van der Waals surface area contributed by atoms with Crippen LogP contribution in [-0.4, -0.2) is 60.3 Å². The molecule has 2 saturated heterocycles. The van der Waals surface area contributed by atoms with Gasteiger partial charge in [0.05, 0.1) is 6.61 Å². The summed E-state index contributed by atoms with van der Waals surface area (Å²) in [5, 5.41) is 0. The van der Waals surface area contributed by atoms with Gasteiger partial charge in [-0.25, -0.2) is 0 Å². The van der Waals surface area contributed by atoms with E-state index in [2.05, 4.69) is 52.9 Å². The smallest absolute Gasteiger partial charge is 0.219 e. The lowest BCUT2D eigenvalue weighted by Gasteiger charge is -2.47. The Hall–Kier alpha value is -2.44. The number of ketones is 1. The zero-order valence-corrected chi connectivity index (χ0v) is 22.9. The Labute approximate surface area is 221 Å². The predicted molar refractivity (Wildman–Crippen MR) is 144 cm³/mol. The van der Waals surface area contributed by atoms with Gasteiger partial charge < -0.3 is 9.64 Å². The number of piperidine rings is 1. The van der Waals surface area contributed by atoms with Crippen LogP contribution in [0.1, 0.15) is 60.7 Å². The number of rotatable bonds is 4. The molecule has 2 aliphatic carbocycles. The summed E-state index contributed by atoms with van der Waals surface area (Å²) in [4.78, 5) is 29.5. The molecular formula is C30H33BrN2O3. The monoisotopic (exact) mass is 548 g/mol. The third-order valence-corrected chi connectivity index (χ3v) is 9.35. The van der Waals surface area contributed by atoms with E-state index in [1.54, 1.807) is 6.92 Å². The van der Waals surface area contributed by atoms with Gasteiger partial charge in [-0.1, -0.05) is 35.8 Å². The molecule has 0 unspecified atom stereocenters. The minimum absolute atomic E-state index is 0.138. The molecule has 0 aromatic heterocycles. The van der Waals surface area contributed by atoms with E-state index in [1.807, 2.05) is 23.1 Å². The number of carbonyl (C=O) groups excluding carboxylic acids is 2. The number of likely N-dealkylation sites (tertiary alicyclic amines) is 2. The van der Waals surface area contributed by atoms with Crippen molar-refractivity contribution in [3.8, 4) is 5.75 Å². The highest BCUT2D eigenvalue weighted by atomic mass is 79.9. The molecular weight excluding hydrogens is 516 g/mol. The van der Waals surface area contributed by atoms with Crippen molar-refractivity contribution < 1.29 is 14.3 Å². The number of benzene rings is 2. The van der Waals surface area contributed by atoms with Crippen molar-refractivity contribution in [1.29, 1.82) is 0 Å². The number of hydrogen-bond acceptors (Lipinski definition) is 4. The molecule has 4 aliphatic rings. The van der Waals surface area contributed by atoms with Gasteiger partial charge in [0.15, 0.2) is 5.78 Å². The molecule has 2 heterocycles. The average Bonchev–Trinajstić information content (AvgIpc) is 3.21. The Kier molecular flexibility index (Phi) is 5.88. The zero-order chi connectivity index (χ0) is 25.2. The minimum Gasteiger partial charge on any atom is -0.493 e. The lowest BCUT2D eigenvalue weighted by atomic mass is 9.68. The minimum atomic E-state index is -0.231. The van der Waals surface area contributed by atoms with Crippen molar-refractivity contribution >= 4 is 33.2 Å². The second-order valence-electron chi connectivity index (χ2n) is 11.4. The van der Waals surface area contributed by atoms with Crippen LogP contribution in [0.2, 0.25) is 0 Å². The van der Waals surface area contributed by atoms with Gasteiger partial charge in [-0.2, -0.15) is 0 Å². The molecule has 0 bridgehead atoms. The predicted octanol–water partition coefficient (Wildman–Crippen LogP) is 5.25. The fourth-order valence-corrected chi connectivity index (χ4v) is 6.86. The van der Waals surface area contributed by atoms with E-state index < -0.39 is 0 Å². The maximum atomic E-state index is 13.6. The van der Waals surface area contributed by atoms with E-state index in [9.17, 15) is 9.59 Å². The molecule has 2 aliphatic heterocycles. The van der Waals surface area contributed by atoms with E-state index in [4.69, 9.17) is 4.74 Å². The SMILES string of the molecule is CC(=O)N1CC(N2CCC(COc3ccc4c(c3)C(C)(C)C3=C(C4=O)c4ccc(Br)cc4C3)CC2)C1. The highest BCUT2D eigenvalue weighted by Gasteiger charge is 2.43. The number of carbonyl (C=O) groups is 2. The van der Waals surface area contributed by atoms with Crippen LogP contribution in [-0.2, 0) is 16.6 Å². The van der Waals surface area contributed by atoms with Gasteiger partial charge in [0.2, 0.25) is 5.91 Å². The first-order valence-corrected chi connectivity index (χ1v) is 13.9. The second-order valence-corrected chi connectivity index (χ2v) is 12.3. The molecule has 5 nitrogen and oxygen atoms in total.